The monoisotopic (exact) mass is 421 g/mol. The van der Waals surface area contributed by atoms with E-state index in [0.717, 1.165) is 11.6 Å². The minimum atomic E-state index is -4.36. The first-order chi connectivity index (χ1) is 14.1. The molecule has 0 spiro atoms. The Morgan fingerprint density at radius 3 is 2.27 bits per heavy atom. The quantitative estimate of drug-likeness (QED) is 0.769. The molecule has 1 aliphatic heterocycles. The van der Waals surface area contributed by atoms with Gasteiger partial charge in [0, 0.05) is 50.5 Å². The Bertz CT molecular complexity index is 863. The van der Waals surface area contributed by atoms with Crippen molar-refractivity contribution in [2.24, 2.45) is 0 Å². The molecular formula is C22H26F3N3O2. The van der Waals surface area contributed by atoms with Crippen LogP contribution in [0.3, 0.4) is 0 Å². The Morgan fingerprint density at radius 1 is 1.07 bits per heavy atom. The maximum atomic E-state index is 13.0. The topological polar surface area (TPSA) is 55.8 Å². The predicted molar refractivity (Wildman–Crippen MR) is 110 cm³/mol. The molecule has 5 nitrogen and oxygen atoms in total. The second-order valence-corrected chi connectivity index (χ2v) is 7.56. The molecule has 0 radical (unpaired) electrons. The van der Waals surface area contributed by atoms with Crippen molar-refractivity contribution >= 4 is 17.3 Å². The molecule has 2 aromatic carbocycles. The van der Waals surface area contributed by atoms with Gasteiger partial charge < -0.3 is 15.3 Å². The van der Waals surface area contributed by atoms with Crippen molar-refractivity contribution in [2.75, 3.05) is 36.4 Å². The van der Waals surface area contributed by atoms with E-state index in [4.69, 9.17) is 0 Å². The third kappa shape index (κ3) is 5.31. The highest BCUT2D eigenvalue weighted by Gasteiger charge is 2.31. The van der Waals surface area contributed by atoms with Gasteiger partial charge in [0.2, 0.25) is 5.91 Å². The van der Waals surface area contributed by atoms with E-state index in [1.54, 1.807) is 30.3 Å². The summed E-state index contributed by atoms with van der Waals surface area (Å²) in [6.45, 7) is 5.81. The van der Waals surface area contributed by atoms with Crippen molar-refractivity contribution in [1.82, 2.24) is 4.90 Å². The summed E-state index contributed by atoms with van der Waals surface area (Å²) < 4.78 is 38.9. The molecule has 2 unspecified atom stereocenters. The summed E-state index contributed by atoms with van der Waals surface area (Å²) in [7, 11) is 0. The first-order valence-corrected chi connectivity index (χ1v) is 9.87. The van der Waals surface area contributed by atoms with E-state index < -0.39 is 17.8 Å². The van der Waals surface area contributed by atoms with E-state index in [2.05, 4.69) is 10.2 Å². The molecular weight excluding hydrogens is 395 g/mol. The van der Waals surface area contributed by atoms with Gasteiger partial charge in [0.05, 0.1) is 11.7 Å². The Labute approximate surface area is 174 Å². The van der Waals surface area contributed by atoms with E-state index in [1.807, 2.05) is 11.8 Å². The predicted octanol–water partition coefficient (Wildman–Crippen LogP) is 3.91. The number of carbonyl (C=O) groups excluding carboxylic acids is 1. The number of nitrogens with zero attached hydrogens (tertiary/aromatic N) is 2. The number of benzene rings is 2. The maximum absolute atomic E-state index is 13.0. The van der Waals surface area contributed by atoms with Crippen LogP contribution in [0, 0.1) is 0 Å². The molecule has 0 aliphatic carbocycles. The molecule has 30 heavy (non-hydrogen) atoms. The van der Waals surface area contributed by atoms with Crippen LogP contribution in [0.4, 0.5) is 24.5 Å². The highest BCUT2D eigenvalue weighted by Crippen LogP contribution is 2.32. The lowest BCUT2D eigenvalue weighted by Crippen LogP contribution is -2.51. The number of halogens is 3. The maximum Gasteiger partial charge on any atom is 0.416 e. The van der Waals surface area contributed by atoms with Crippen LogP contribution < -0.4 is 10.2 Å². The van der Waals surface area contributed by atoms with E-state index in [0.29, 0.717) is 37.6 Å². The van der Waals surface area contributed by atoms with E-state index >= 15 is 0 Å². The highest BCUT2D eigenvalue weighted by molar-refractivity contribution is 5.88. The fourth-order valence-electron chi connectivity index (χ4n) is 3.71. The first-order valence-electron chi connectivity index (χ1n) is 9.87. The summed E-state index contributed by atoms with van der Waals surface area (Å²) in [6, 6.07) is 12.3. The van der Waals surface area contributed by atoms with Gasteiger partial charge in [0.1, 0.15) is 0 Å². The third-order valence-electron chi connectivity index (χ3n) is 5.46. The highest BCUT2D eigenvalue weighted by atomic mass is 19.4. The smallest absolute Gasteiger partial charge is 0.387 e. The number of alkyl halides is 3. The number of carbonyl (C=O) groups is 1. The first kappa shape index (κ1) is 22.1. The molecule has 1 amide bonds. The Balaban J connectivity index is 1.60. The number of piperazine rings is 1. The standard InChI is InChI=1S/C22H26F3N3O2/c1-15(21(30)17-6-8-19(9-7-17)26-16(2)29)27-10-12-28(13-11-27)20-5-3-4-18(14-20)22(23,24)25/h3-9,14-15,21,30H,10-13H2,1-2H3,(H,26,29). The fraction of sp³-hybridized carbons (Fsp3) is 0.409. The van der Waals surface area contributed by atoms with Crippen LogP contribution in [-0.4, -0.2) is 48.1 Å². The molecule has 2 aromatic rings. The number of nitrogens with one attached hydrogen (secondary N) is 1. The Morgan fingerprint density at radius 2 is 1.70 bits per heavy atom. The van der Waals surface area contributed by atoms with Crippen LogP contribution in [0.15, 0.2) is 48.5 Å². The average molecular weight is 421 g/mol. The summed E-state index contributed by atoms with van der Waals surface area (Å²) in [6.07, 6.45) is -5.07. The zero-order chi connectivity index (χ0) is 21.9. The van der Waals surface area contributed by atoms with Gasteiger partial charge in [-0.25, -0.2) is 0 Å². The third-order valence-corrected chi connectivity index (χ3v) is 5.46. The van der Waals surface area contributed by atoms with E-state index in [-0.39, 0.29) is 11.9 Å². The summed E-state index contributed by atoms with van der Waals surface area (Å²) in [5.41, 5.74) is 1.33. The molecule has 0 saturated carbocycles. The second kappa shape index (κ2) is 9.06. The van der Waals surface area contributed by atoms with Crippen LogP contribution >= 0.6 is 0 Å². The van der Waals surface area contributed by atoms with Crippen LogP contribution in [0.25, 0.3) is 0 Å². The van der Waals surface area contributed by atoms with Gasteiger partial charge in [0.25, 0.3) is 0 Å². The van der Waals surface area contributed by atoms with Crippen LogP contribution in [0.2, 0.25) is 0 Å². The zero-order valence-electron chi connectivity index (χ0n) is 17.0. The number of hydrogen-bond acceptors (Lipinski definition) is 4. The molecule has 1 aliphatic rings. The van der Waals surface area contributed by atoms with Crippen molar-refractivity contribution in [3.63, 3.8) is 0 Å². The molecule has 2 atom stereocenters. The van der Waals surface area contributed by atoms with Gasteiger partial charge in [-0.3, -0.25) is 9.69 Å². The minimum Gasteiger partial charge on any atom is -0.387 e. The molecule has 1 fully saturated rings. The largest absolute Gasteiger partial charge is 0.416 e. The normalized spacial score (nSPS) is 17.5. The molecule has 0 bridgehead atoms. The number of aliphatic hydroxyl groups is 1. The lowest BCUT2D eigenvalue weighted by molar-refractivity contribution is -0.137. The van der Waals surface area contributed by atoms with Crippen molar-refractivity contribution in [3.05, 3.63) is 59.7 Å². The minimum absolute atomic E-state index is 0.153. The molecule has 162 valence electrons. The van der Waals surface area contributed by atoms with Gasteiger partial charge in [-0.15, -0.1) is 0 Å². The van der Waals surface area contributed by atoms with Gasteiger partial charge in [-0.05, 0) is 42.8 Å². The van der Waals surface area contributed by atoms with Gasteiger partial charge in [-0.1, -0.05) is 18.2 Å². The van der Waals surface area contributed by atoms with Crippen LogP contribution in [0.1, 0.15) is 31.1 Å². The second-order valence-electron chi connectivity index (χ2n) is 7.56. The van der Waals surface area contributed by atoms with Crippen molar-refractivity contribution in [1.29, 1.82) is 0 Å². The van der Waals surface area contributed by atoms with Crippen molar-refractivity contribution in [2.45, 2.75) is 32.2 Å². The van der Waals surface area contributed by atoms with Crippen molar-refractivity contribution < 1.29 is 23.1 Å². The van der Waals surface area contributed by atoms with Gasteiger partial charge in [-0.2, -0.15) is 13.2 Å². The molecule has 8 heteroatoms. The van der Waals surface area contributed by atoms with E-state index in [1.165, 1.54) is 19.1 Å². The molecule has 1 heterocycles. The van der Waals surface area contributed by atoms with Crippen LogP contribution in [-0.2, 0) is 11.0 Å². The fourth-order valence-corrected chi connectivity index (χ4v) is 3.71. The summed E-state index contributed by atoms with van der Waals surface area (Å²) in [5, 5.41) is 13.4. The average Bonchev–Trinajstić information content (AvgIpc) is 2.72. The van der Waals surface area contributed by atoms with Crippen molar-refractivity contribution in [3.8, 4) is 0 Å². The number of rotatable bonds is 5. The summed E-state index contributed by atoms with van der Waals surface area (Å²) in [4.78, 5) is 15.2. The number of aliphatic hydroxyl groups excluding tert-OH is 1. The Hall–Kier alpha value is -2.58. The molecule has 1 saturated heterocycles. The Kier molecular flexibility index (Phi) is 6.67. The molecule has 3 rings (SSSR count). The van der Waals surface area contributed by atoms with Gasteiger partial charge >= 0.3 is 6.18 Å². The number of hydrogen-bond donors (Lipinski definition) is 2. The van der Waals surface area contributed by atoms with E-state index in [9.17, 15) is 23.1 Å². The summed E-state index contributed by atoms with van der Waals surface area (Å²) >= 11 is 0. The number of amides is 1. The molecule has 0 aromatic heterocycles. The van der Waals surface area contributed by atoms with Crippen LogP contribution in [0.5, 0.6) is 0 Å². The molecule has 2 N–H and O–H groups in total. The number of anilines is 2. The SMILES string of the molecule is CC(=O)Nc1ccc(C(O)C(C)N2CCN(c3cccc(C(F)(F)F)c3)CC2)cc1. The lowest BCUT2D eigenvalue weighted by Gasteiger charge is -2.40. The zero-order valence-corrected chi connectivity index (χ0v) is 17.0. The lowest BCUT2D eigenvalue weighted by atomic mass is 10.0. The van der Waals surface area contributed by atoms with Gasteiger partial charge in [0.15, 0.2) is 0 Å². The summed E-state index contributed by atoms with van der Waals surface area (Å²) in [5.74, 6) is -0.157.